The summed E-state index contributed by atoms with van der Waals surface area (Å²) in [7, 11) is -3.83. The first-order valence-electron chi connectivity index (χ1n) is 12.4. The van der Waals surface area contributed by atoms with Gasteiger partial charge in [0.15, 0.2) is 0 Å². The first-order valence-corrected chi connectivity index (χ1v) is 13.8. The second-order valence-electron chi connectivity index (χ2n) is 9.20. The van der Waals surface area contributed by atoms with E-state index in [2.05, 4.69) is 5.32 Å². The van der Waals surface area contributed by atoms with Crippen molar-refractivity contribution in [2.45, 2.75) is 43.5 Å². The number of carbonyl (C=O) groups excluding carboxylic acids is 2. The number of para-hydroxylation sites is 1. The molecule has 0 radical (unpaired) electrons. The minimum absolute atomic E-state index is 0.0382. The zero-order valence-corrected chi connectivity index (χ0v) is 21.0. The molecule has 1 aliphatic carbocycles. The summed E-state index contributed by atoms with van der Waals surface area (Å²) in [5.41, 5.74) is 0.967. The van der Waals surface area contributed by atoms with Gasteiger partial charge in [0.25, 0.3) is 15.9 Å². The van der Waals surface area contributed by atoms with E-state index in [4.69, 9.17) is 0 Å². The van der Waals surface area contributed by atoms with Crippen molar-refractivity contribution < 1.29 is 18.0 Å². The molecule has 0 bridgehead atoms. The highest BCUT2D eigenvalue weighted by molar-refractivity contribution is 7.92. The van der Waals surface area contributed by atoms with Crippen LogP contribution in [-0.2, 0) is 14.8 Å². The molecular weight excluding hydrogens is 464 g/mol. The second kappa shape index (κ2) is 11.2. The number of unbranched alkanes of at least 4 members (excludes halogenated alkanes) is 1. The smallest absolute Gasteiger partial charge is 0.264 e. The highest BCUT2D eigenvalue weighted by Gasteiger charge is 2.28. The van der Waals surface area contributed by atoms with Crippen LogP contribution in [-0.4, -0.2) is 75.3 Å². The molecule has 35 heavy (non-hydrogen) atoms. The van der Waals surface area contributed by atoms with Crippen LogP contribution in [0.15, 0.2) is 59.5 Å². The zero-order valence-electron chi connectivity index (χ0n) is 20.2. The average Bonchev–Trinajstić information content (AvgIpc) is 3.69. The first-order chi connectivity index (χ1) is 16.9. The van der Waals surface area contributed by atoms with Gasteiger partial charge in [0, 0.05) is 44.3 Å². The Morgan fingerprint density at radius 1 is 1.00 bits per heavy atom. The van der Waals surface area contributed by atoms with Gasteiger partial charge < -0.3 is 10.2 Å². The minimum atomic E-state index is -3.83. The highest BCUT2D eigenvalue weighted by atomic mass is 32.2. The van der Waals surface area contributed by atoms with Gasteiger partial charge in [0.1, 0.15) is 0 Å². The van der Waals surface area contributed by atoms with Crippen molar-refractivity contribution >= 4 is 27.5 Å². The van der Waals surface area contributed by atoms with E-state index in [9.17, 15) is 18.0 Å². The van der Waals surface area contributed by atoms with Gasteiger partial charge in [-0.25, -0.2) is 8.42 Å². The van der Waals surface area contributed by atoms with E-state index in [0.717, 1.165) is 25.7 Å². The molecule has 8 nitrogen and oxygen atoms in total. The molecule has 2 aromatic rings. The second-order valence-corrected chi connectivity index (χ2v) is 11.1. The largest absolute Gasteiger partial charge is 0.352 e. The van der Waals surface area contributed by atoms with Gasteiger partial charge in [-0.2, -0.15) is 0 Å². The van der Waals surface area contributed by atoms with E-state index < -0.39 is 10.0 Å². The van der Waals surface area contributed by atoms with Crippen LogP contribution in [0, 0.1) is 0 Å². The lowest BCUT2D eigenvalue weighted by atomic mass is 10.2. The summed E-state index contributed by atoms with van der Waals surface area (Å²) in [5.74, 6) is -0.153. The average molecular weight is 499 g/mol. The van der Waals surface area contributed by atoms with Crippen molar-refractivity contribution in [3.8, 4) is 0 Å². The van der Waals surface area contributed by atoms with Gasteiger partial charge in [-0.15, -0.1) is 0 Å². The van der Waals surface area contributed by atoms with E-state index in [1.807, 2.05) is 30.0 Å². The molecule has 1 saturated heterocycles. The summed E-state index contributed by atoms with van der Waals surface area (Å²) >= 11 is 0. The number of nitrogens with one attached hydrogen (secondary N) is 1. The van der Waals surface area contributed by atoms with Gasteiger partial charge in [0.05, 0.1) is 17.1 Å². The Labute approximate surface area is 207 Å². The molecule has 1 N–H and O–H groups in total. The lowest BCUT2D eigenvalue weighted by Gasteiger charge is -2.34. The quantitative estimate of drug-likeness (QED) is 0.544. The Kier molecular flexibility index (Phi) is 8.07. The van der Waals surface area contributed by atoms with Crippen LogP contribution in [0.3, 0.4) is 0 Å². The van der Waals surface area contributed by atoms with Crippen LogP contribution in [0.5, 0.6) is 0 Å². The number of amides is 2. The zero-order chi connectivity index (χ0) is 24.8. The summed E-state index contributed by atoms with van der Waals surface area (Å²) in [5, 5.41) is 2.99. The monoisotopic (exact) mass is 498 g/mol. The van der Waals surface area contributed by atoms with E-state index in [-0.39, 0.29) is 16.7 Å². The molecule has 4 rings (SSSR count). The lowest BCUT2D eigenvalue weighted by molar-refractivity contribution is -0.122. The number of rotatable bonds is 10. The summed E-state index contributed by atoms with van der Waals surface area (Å²) in [6, 6.07) is 15.7. The number of benzene rings is 2. The van der Waals surface area contributed by atoms with Crippen molar-refractivity contribution in [1.29, 1.82) is 0 Å². The Balaban J connectivity index is 1.44. The molecule has 2 fully saturated rings. The number of piperazine rings is 1. The fourth-order valence-corrected chi connectivity index (χ4v) is 5.75. The molecule has 1 saturated carbocycles. The van der Waals surface area contributed by atoms with Crippen LogP contribution in [0.4, 0.5) is 5.69 Å². The highest BCUT2D eigenvalue weighted by Crippen LogP contribution is 2.25. The summed E-state index contributed by atoms with van der Waals surface area (Å²) in [4.78, 5) is 29.1. The summed E-state index contributed by atoms with van der Waals surface area (Å²) in [6.07, 6.45) is 3.72. The SMILES string of the molecule is CCCCN(c1ccccc1)S(=O)(=O)c1cccc(C(=O)N2CCN(CC(=O)NC3CC3)CC2)c1. The van der Waals surface area contributed by atoms with E-state index in [1.165, 1.54) is 10.4 Å². The summed E-state index contributed by atoms with van der Waals surface area (Å²) in [6.45, 7) is 4.96. The standard InChI is InChI=1S/C26H34N4O4S/c1-2-3-14-30(23-9-5-4-6-10-23)35(33,34)24-11-7-8-21(19-24)26(32)29-17-15-28(16-18-29)20-25(31)27-22-12-13-22/h4-11,19,22H,2-3,12-18,20H2,1H3,(H,27,31). The Bertz CT molecular complexity index is 1130. The molecule has 0 spiro atoms. The lowest BCUT2D eigenvalue weighted by Crippen LogP contribution is -2.51. The van der Waals surface area contributed by atoms with Crippen molar-refractivity contribution in [2.75, 3.05) is 43.6 Å². The Hall–Kier alpha value is -2.91. The van der Waals surface area contributed by atoms with Crippen LogP contribution < -0.4 is 9.62 Å². The number of carbonyl (C=O) groups is 2. The molecule has 9 heteroatoms. The molecule has 1 aliphatic heterocycles. The molecule has 1 heterocycles. The maximum absolute atomic E-state index is 13.6. The molecule has 2 aromatic carbocycles. The molecule has 0 atom stereocenters. The number of sulfonamides is 1. The topological polar surface area (TPSA) is 90.0 Å². The van der Waals surface area contributed by atoms with Crippen molar-refractivity contribution in [1.82, 2.24) is 15.1 Å². The van der Waals surface area contributed by atoms with Gasteiger partial charge in [-0.05, 0) is 49.6 Å². The number of nitrogens with zero attached hydrogens (tertiary/aromatic N) is 3. The molecule has 2 amide bonds. The molecule has 188 valence electrons. The molecular formula is C26H34N4O4S. The predicted octanol–water partition coefficient (Wildman–Crippen LogP) is 2.72. The molecule has 0 aromatic heterocycles. The maximum atomic E-state index is 13.6. The van der Waals surface area contributed by atoms with Crippen LogP contribution >= 0.6 is 0 Å². The normalized spacial score (nSPS) is 16.7. The van der Waals surface area contributed by atoms with E-state index in [0.29, 0.717) is 56.6 Å². The van der Waals surface area contributed by atoms with Gasteiger partial charge >= 0.3 is 0 Å². The molecule has 0 unspecified atom stereocenters. The van der Waals surface area contributed by atoms with Crippen molar-refractivity contribution in [2.24, 2.45) is 0 Å². The number of hydrogen-bond donors (Lipinski definition) is 1. The van der Waals surface area contributed by atoms with Gasteiger partial charge in [0.2, 0.25) is 5.91 Å². The van der Waals surface area contributed by atoms with Gasteiger partial charge in [-0.1, -0.05) is 37.6 Å². The van der Waals surface area contributed by atoms with Crippen LogP contribution in [0.1, 0.15) is 43.0 Å². The third-order valence-electron chi connectivity index (χ3n) is 6.40. The summed E-state index contributed by atoms with van der Waals surface area (Å²) < 4.78 is 28.6. The van der Waals surface area contributed by atoms with Crippen molar-refractivity contribution in [3.63, 3.8) is 0 Å². The fraction of sp³-hybridized carbons (Fsp3) is 0.462. The van der Waals surface area contributed by atoms with Crippen LogP contribution in [0.25, 0.3) is 0 Å². The first kappa shape index (κ1) is 25.2. The molecule has 2 aliphatic rings. The van der Waals surface area contributed by atoms with Crippen molar-refractivity contribution in [3.05, 3.63) is 60.2 Å². The van der Waals surface area contributed by atoms with E-state index in [1.54, 1.807) is 35.2 Å². The van der Waals surface area contributed by atoms with Crippen LogP contribution in [0.2, 0.25) is 0 Å². The van der Waals surface area contributed by atoms with E-state index >= 15 is 0 Å². The number of anilines is 1. The fourth-order valence-electron chi connectivity index (χ4n) is 4.20. The Morgan fingerprint density at radius 3 is 2.37 bits per heavy atom. The third-order valence-corrected chi connectivity index (χ3v) is 8.22. The minimum Gasteiger partial charge on any atom is -0.352 e. The predicted molar refractivity (Wildman–Crippen MR) is 136 cm³/mol. The Morgan fingerprint density at radius 2 is 1.71 bits per heavy atom. The van der Waals surface area contributed by atoms with Gasteiger partial charge in [-0.3, -0.25) is 18.8 Å². The maximum Gasteiger partial charge on any atom is 0.264 e. The number of hydrogen-bond acceptors (Lipinski definition) is 5. The third kappa shape index (κ3) is 6.41.